The van der Waals surface area contributed by atoms with E-state index in [9.17, 15) is 4.79 Å². The first-order chi connectivity index (χ1) is 9.45. The lowest BCUT2D eigenvalue weighted by atomic mass is 9.98. The molecule has 1 amide bonds. The van der Waals surface area contributed by atoms with E-state index < -0.39 is 0 Å². The van der Waals surface area contributed by atoms with Crippen molar-refractivity contribution in [3.8, 4) is 0 Å². The van der Waals surface area contributed by atoms with Crippen molar-refractivity contribution in [2.45, 2.75) is 65.8 Å². The normalized spacial score (nSPS) is 34.8. The van der Waals surface area contributed by atoms with E-state index in [2.05, 4.69) is 44.8 Å². The van der Waals surface area contributed by atoms with Crippen LogP contribution in [-0.2, 0) is 9.53 Å². The van der Waals surface area contributed by atoms with Crippen LogP contribution in [0.3, 0.4) is 0 Å². The number of amides is 1. The quantitative estimate of drug-likeness (QED) is 0.841. The van der Waals surface area contributed by atoms with Gasteiger partial charge in [-0.3, -0.25) is 10.1 Å². The Morgan fingerprint density at radius 2 is 2.00 bits per heavy atom. The molecule has 4 unspecified atom stereocenters. The number of nitrogens with zero attached hydrogens (tertiary/aromatic N) is 1. The fourth-order valence-electron chi connectivity index (χ4n) is 3.50. The molecule has 2 fully saturated rings. The van der Waals surface area contributed by atoms with Crippen molar-refractivity contribution in [1.29, 1.82) is 0 Å². The molecule has 4 nitrogen and oxygen atoms in total. The van der Waals surface area contributed by atoms with Crippen LogP contribution in [0.4, 0.5) is 0 Å². The summed E-state index contributed by atoms with van der Waals surface area (Å²) in [5.74, 6) is 1.55. The average Bonchev–Trinajstić information content (AvgIpc) is 2.95. The summed E-state index contributed by atoms with van der Waals surface area (Å²) in [6, 6.07) is -0.0233. The maximum atomic E-state index is 12.7. The molecule has 0 saturated carbocycles. The van der Waals surface area contributed by atoms with Gasteiger partial charge in [0.1, 0.15) is 0 Å². The smallest absolute Gasteiger partial charge is 0.241 e. The van der Waals surface area contributed by atoms with Gasteiger partial charge in [0.2, 0.25) is 5.91 Å². The second kappa shape index (κ2) is 6.44. The molecule has 0 aromatic heterocycles. The van der Waals surface area contributed by atoms with Crippen LogP contribution in [0.5, 0.6) is 0 Å². The van der Waals surface area contributed by atoms with Gasteiger partial charge in [0.25, 0.3) is 0 Å². The van der Waals surface area contributed by atoms with Crippen molar-refractivity contribution in [2.24, 2.45) is 17.8 Å². The molecule has 0 spiro atoms. The van der Waals surface area contributed by atoms with Crippen LogP contribution < -0.4 is 5.32 Å². The lowest BCUT2D eigenvalue weighted by Gasteiger charge is -2.30. The minimum Gasteiger partial charge on any atom is -0.378 e. The van der Waals surface area contributed by atoms with Crippen LogP contribution >= 0.6 is 0 Å². The summed E-state index contributed by atoms with van der Waals surface area (Å²) < 4.78 is 5.77. The lowest BCUT2D eigenvalue weighted by molar-refractivity contribution is -0.132. The summed E-state index contributed by atoms with van der Waals surface area (Å²) in [5.41, 5.74) is 0. The van der Waals surface area contributed by atoms with Gasteiger partial charge in [0.05, 0.1) is 18.3 Å². The van der Waals surface area contributed by atoms with Crippen LogP contribution in [0.2, 0.25) is 0 Å². The summed E-state index contributed by atoms with van der Waals surface area (Å²) in [5, 5.41) is 3.53. The number of carbonyl (C=O) groups is 1. The highest BCUT2D eigenvalue weighted by Crippen LogP contribution is 2.29. The van der Waals surface area contributed by atoms with Crippen molar-refractivity contribution in [3.05, 3.63) is 0 Å². The zero-order chi connectivity index (χ0) is 14.9. The highest BCUT2D eigenvalue weighted by molar-refractivity contribution is 5.84. The maximum absolute atomic E-state index is 12.7. The number of hydrogen-bond donors (Lipinski definition) is 1. The molecule has 2 aliphatic rings. The Kier molecular flexibility index (Phi) is 5.08. The zero-order valence-corrected chi connectivity index (χ0v) is 13.6. The minimum absolute atomic E-state index is 0.0233. The molecule has 0 aromatic carbocycles. The van der Waals surface area contributed by atoms with E-state index in [-0.39, 0.29) is 18.1 Å². The fourth-order valence-corrected chi connectivity index (χ4v) is 3.50. The summed E-state index contributed by atoms with van der Waals surface area (Å²) in [6.45, 7) is 12.5. The molecule has 116 valence electrons. The largest absolute Gasteiger partial charge is 0.378 e. The van der Waals surface area contributed by atoms with Gasteiger partial charge in [0, 0.05) is 19.1 Å². The van der Waals surface area contributed by atoms with Crippen molar-refractivity contribution in [1.82, 2.24) is 10.2 Å². The highest BCUT2D eigenvalue weighted by atomic mass is 16.5. The molecule has 2 heterocycles. The lowest BCUT2D eigenvalue weighted by Crippen LogP contribution is -2.44. The van der Waals surface area contributed by atoms with Crippen LogP contribution in [0, 0.1) is 17.8 Å². The third kappa shape index (κ3) is 3.01. The molecule has 20 heavy (non-hydrogen) atoms. The van der Waals surface area contributed by atoms with E-state index in [0.29, 0.717) is 23.9 Å². The predicted octanol–water partition coefficient (Wildman–Crippen LogP) is 2.24. The second-order valence-electron chi connectivity index (χ2n) is 6.93. The van der Waals surface area contributed by atoms with Gasteiger partial charge in [-0.25, -0.2) is 0 Å². The van der Waals surface area contributed by atoms with Gasteiger partial charge < -0.3 is 9.64 Å². The Bertz CT molecular complexity index is 343. The molecule has 2 aliphatic heterocycles. The number of ether oxygens (including phenoxy) is 1. The Balaban J connectivity index is 2.08. The van der Waals surface area contributed by atoms with Gasteiger partial charge in [-0.15, -0.1) is 0 Å². The van der Waals surface area contributed by atoms with Gasteiger partial charge in [0.15, 0.2) is 0 Å². The Labute approximate surface area is 123 Å². The van der Waals surface area contributed by atoms with Gasteiger partial charge in [-0.1, -0.05) is 34.6 Å². The molecular weight excluding hydrogens is 252 g/mol. The summed E-state index contributed by atoms with van der Waals surface area (Å²) in [6.07, 6.45) is 2.63. The monoisotopic (exact) mass is 282 g/mol. The highest BCUT2D eigenvalue weighted by Gasteiger charge is 2.43. The summed E-state index contributed by atoms with van der Waals surface area (Å²) in [4.78, 5) is 14.7. The van der Waals surface area contributed by atoms with Crippen LogP contribution in [0.15, 0.2) is 0 Å². The van der Waals surface area contributed by atoms with Crippen molar-refractivity contribution < 1.29 is 9.53 Å². The Morgan fingerprint density at radius 3 is 2.55 bits per heavy atom. The van der Waals surface area contributed by atoms with Crippen molar-refractivity contribution in [2.75, 3.05) is 13.2 Å². The third-order valence-electron chi connectivity index (χ3n) is 4.71. The standard InChI is InChI=1S/C16H30N2O2/c1-6-13-12(7-8-20-13)9-18-15(11(4)5)17-14(10(2)3)16(18)19/h10-15,17H,6-9H2,1-5H3. The molecule has 4 heteroatoms. The molecule has 2 saturated heterocycles. The number of carbonyl (C=O) groups excluding carboxylic acids is 1. The van der Waals surface area contributed by atoms with E-state index in [1.807, 2.05) is 0 Å². The first-order valence-electron chi connectivity index (χ1n) is 8.13. The molecular formula is C16H30N2O2. The van der Waals surface area contributed by atoms with E-state index in [1.54, 1.807) is 0 Å². The van der Waals surface area contributed by atoms with Crippen LogP contribution in [0.25, 0.3) is 0 Å². The number of nitrogens with one attached hydrogen (secondary N) is 1. The van der Waals surface area contributed by atoms with E-state index in [4.69, 9.17) is 4.74 Å². The minimum atomic E-state index is -0.0233. The molecule has 0 aliphatic carbocycles. The van der Waals surface area contributed by atoms with Gasteiger partial charge in [-0.2, -0.15) is 0 Å². The Hall–Kier alpha value is -0.610. The number of hydrogen-bond acceptors (Lipinski definition) is 3. The predicted molar refractivity (Wildman–Crippen MR) is 80.2 cm³/mol. The molecule has 0 aromatic rings. The summed E-state index contributed by atoms with van der Waals surface area (Å²) >= 11 is 0. The van der Waals surface area contributed by atoms with Crippen LogP contribution in [-0.4, -0.2) is 42.3 Å². The average molecular weight is 282 g/mol. The Morgan fingerprint density at radius 1 is 1.30 bits per heavy atom. The zero-order valence-electron chi connectivity index (χ0n) is 13.6. The van der Waals surface area contributed by atoms with Crippen molar-refractivity contribution >= 4 is 5.91 Å². The van der Waals surface area contributed by atoms with Crippen molar-refractivity contribution in [3.63, 3.8) is 0 Å². The number of rotatable bonds is 5. The van der Waals surface area contributed by atoms with E-state index in [1.165, 1.54) is 0 Å². The van der Waals surface area contributed by atoms with E-state index >= 15 is 0 Å². The molecule has 2 rings (SSSR count). The molecule has 0 bridgehead atoms. The molecule has 1 N–H and O–H groups in total. The SMILES string of the molecule is CCC1OCCC1CN1C(=O)C(C(C)C)NC1C(C)C. The first kappa shape index (κ1) is 15.8. The molecule has 4 atom stereocenters. The molecule has 0 radical (unpaired) electrons. The van der Waals surface area contributed by atoms with Gasteiger partial charge >= 0.3 is 0 Å². The fraction of sp³-hybridized carbons (Fsp3) is 0.938. The summed E-state index contributed by atoms with van der Waals surface area (Å²) in [7, 11) is 0. The van der Waals surface area contributed by atoms with Crippen LogP contribution in [0.1, 0.15) is 47.5 Å². The van der Waals surface area contributed by atoms with E-state index in [0.717, 1.165) is 26.0 Å². The topological polar surface area (TPSA) is 41.6 Å². The van der Waals surface area contributed by atoms with Gasteiger partial charge in [-0.05, 0) is 24.7 Å². The third-order valence-corrected chi connectivity index (χ3v) is 4.71. The second-order valence-corrected chi connectivity index (χ2v) is 6.93. The first-order valence-corrected chi connectivity index (χ1v) is 8.13. The maximum Gasteiger partial charge on any atom is 0.241 e.